The zero-order valence-electron chi connectivity index (χ0n) is 19.2. The number of carbonyl (C=O) groups excluding carboxylic acids is 1. The van der Waals surface area contributed by atoms with E-state index in [-0.39, 0.29) is 11.6 Å². The summed E-state index contributed by atoms with van der Waals surface area (Å²) in [6.45, 7) is 3.01. The molecule has 0 saturated heterocycles. The highest BCUT2D eigenvalue weighted by Gasteiger charge is 2.29. The Bertz CT molecular complexity index is 1450. The smallest absolute Gasteiger partial charge is 0.321 e. The highest BCUT2D eigenvalue weighted by molar-refractivity contribution is 6.02. The molecule has 0 radical (unpaired) electrons. The third kappa shape index (κ3) is 3.34. The Hall–Kier alpha value is -4.07. The molecule has 0 aliphatic carbocycles. The van der Waals surface area contributed by atoms with Gasteiger partial charge in [0.25, 0.3) is 5.56 Å². The van der Waals surface area contributed by atoms with Crippen molar-refractivity contribution in [3.05, 3.63) is 70.8 Å². The monoisotopic (exact) mass is 442 g/mol. The standard InChI is InChI=1S/C25H26N6O2/c1-16-12-19-20(29(4)24(16)32)6-5-7-21(19)30-10-11-31(25(33)26-2)23-13-17(8-9-22(23)30)18-14-27-28(3)15-18/h5-9,12-15H,10-11H2,1-4H3,(H,26,33). The molecule has 3 heterocycles. The zero-order chi connectivity index (χ0) is 23.3. The largest absolute Gasteiger partial charge is 0.341 e. The quantitative estimate of drug-likeness (QED) is 0.515. The normalized spacial score (nSPS) is 13.3. The number of aryl methyl sites for hydroxylation is 3. The number of rotatable bonds is 2. The lowest BCUT2D eigenvalue weighted by molar-refractivity contribution is 0.248. The molecule has 1 aliphatic rings. The Morgan fingerprint density at radius 3 is 2.55 bits per heavy atom. The minimum absolute atomic E-state index is 0.00518. The molecule has 0 unspecified atom stereocenters. The maximum Gasteiger partial charge on any atom is 0.321 e. The molecule has 2 aromatic carbocycles. The molecule has 33 heavy (non-hydrogen) atoms. The second-order valence-corrected chi connectivity index (χ2v) is 8.37. The van der Waals surface area contributed by atoms with Crippen molar-refractivity contribution in [2.75, 3.05) is 29.9 Å². The average molecular weight is 443 g/mol. The number of aromatic nitrogens is 3. The van der Waals surface area contributed by atoms with E-state index in [2.05, 4.69) is 33.5 Å². The van der Waals surface area contributed by atoms with Crippen LogP contribution in [0.3, 0.4) is 0 Å². The Morgan fingerprint density at radius 2 is 1.82 bits per heavy atom. The van der Waals surface area contributed by atoms with Gasteiger partial charge >= 0.3 is 6.03 Å². The lowest BCUT2D eigenvalue weighted by atomic mass is 10.0. The molecule has 8 heteroatoms. The number of amides is 2. The highest BCUT2D eigenvalue weighted by Crippen LogP contribution is 2.42. The van der Waals surface area contributed by atoms with Crippen molar-refractivity contribution in [1.82, 2.24) is 19.7 Å². The first-order chi connectivity index (χ1) is 15.9. The summed E-state index contributed by atoms with van der Waals surface area (Å²) >= 11 is 0. The van der Waals surface area contributed by atoms with E-state index in [1.807, 2.05) is 50.6 Å². The molecule has 0 atom stereocenters. The Labute approximate surface area is 191 Å². The number of anilines is 3. The van der Waals surface area contributed by atoms with Crippen LogP contribution in [0.25, 0.3) is 22.0 Å². The molecule has 168 valence electrons. The number of hydrogen-bond acceptors (Lipinski definition) is 4. The number of hydrogen-bond donors (Lipinski definition) is 1. The molecular formula is C25H26N6O2. The van der Waals surface area contributed by atoms with Gasteiger partial charge in [0.05, 0.1) is 28.8 Å². The summed E-state index contributed by atoms with van der Waals surface area (Å²) in [7, 11) is 5.34. The minimum Gasteiger partial charge on any atom is -0.341 e. The van der Waals surface area contributed by atoms with Gasteiger partial charge in [-0.2, -0.15) is 5.10 Å². The van der Waals surface area contributed by atoms with Gasteiger partial charge in [0, 0.05) is 56.9 Å². The highest BCUT2D eigenvalue weighted by atomic mass is 16.2. The molecule has 0 saturated carbocycles. The summed E-state index contributed by atoms with van der Waals surface area (Å²) in [4.78, 5) is 29.2. The van der Waals surface area contributed by atoms with E-state index in [0.29, 0.717) is 18.7 Å². The molecule has 5 rings (SSSR count). The van der Waals surface area contributed by atoms with Crippen LogP contribution in [0.15, 0.2) is 59.7 Å². The fourth-order valence-electron chi connectivity index (χ4n) is 4.62. The fourth-order valence-corrected chi connectivity index (χ4v) is 4.62. The van der Waals surface area contributed by atoms with E-state index in [0.717, 1.165) is 39.1 Å². The van der Waals surface area contributed by atoms with Crippen LogP contribution in [0.2, 0.25) is 0 Å². The Balaban J connectivity index is 1.70. The van der Waals surface area contributed by atoms with Crippen LogP contribution in [0.5, 0.6) is 0 Å². The van der Waals surface area contributed by atoms with Crippen molar-refractivity contribution in [1.29, 1.82) is 0 Å². The van der Waals surface area contributed by atoms with E-state index in [9.17, 15) is 9.59 Å². The van der Waals surface area contributed by atoms with Crippen LogP contribution in [0.4, 0.5) is 21.9 Å². The van der Waals surface area contributed by atoms with E-state index >= 15 is 0 Å². The second kappa shape index (κ2) is 7.81. The lowest BCUT2D eigenvalue weighted by Crippen LogP contribution is -2.46. The lowest BCUT2D eigenvalue weighted by Gasteiger charge is -2.38. The SMILES string of the molecule is CNC(=O)N1CCN(c2cccc3c2cc(C)c(=O)n3C)c2ccc(-c3cnn(C)c3)cc21. The zero-order valence-corrected chi connectivity index (χ0v) is 19.2. The van der Waals surface area contributed by atoms with E-state index in [4.69, 9.17) is 0 Å². The van der Waals surface area contributed by atoms with E-state index < -0.39 is 0 Å². The number of carbonyl (C=O) groups is 1. The maximum atomic E-state index is 12.7. The summed E-state index contributed by atoms with van der Waals surface area (Å²) in [5.41, 5.74) is 6.36. The summed E-state index contributed by atoms with van der Waals surface area (Å²) in [5.74, 6) is 0. The Kier molecular flexibility index (Phi) is 4.92. The van der Waals surface area contributed by atoms with E-state index in [1.165, 1.54) is 0 Å². The molecule has 8 nitrogen and oxygen atoms in total. The number of urea groups is 1. The minimum atomic E-state index is -0.143. The molecule has 0 bridgehead atoms. The molecular weight excluding hydrogens is 416 g/mol. The van der Waals surface area contributed by atoms with Gasteiger partial charge in [-0.05, 0) is 42.8 Å². The molecule has 0 fully saturated rings. The van der Waals surface area contributed by atoms with Gasteiger partial charge in [-0.1, -0.05) is 12.1 Å². The maximum absolute atomic E-state index is 12.7. The molecule has 1 aliphatic heterocycles. The predicted molar refractivity (Wildman–Crippen MR) is 131 cm³/mol. The van der Waals surface area contributed by atoms with E-state index in [1.54, 1.807) is 28.2 Å². The van der Waals surface area contributed by atoms with Crippen molar-refractivity contribution in [2.24, 2.45) is 14.1 Å². The van der Waals surface area contributed by atoms with Crippen molar-refractivity contribution >= 4 is 34.0 Å². The van der Waals surface area contributed by atoms with Gasteiger partial charge in [-0.3, -0.25) is 14.4 Å². The van der Waals surface area contributed by atoms with Crippen LogP contribution in [0.1, 0.15) is 5.56 Å². The van der Waals surface area contributed by atoms with Gasteiger partial charge in [0.15, 0.2) is 0 Å². The Morgan fingerprint density at radius 1 is 1.00 bits per heavy atom. The van der Waals surface area contributed by atoms with Gasteiger partial charge in [0.1, 0.15) is 0 Å². The van der Waals surface area contributed by atoms with Crippen LogP contribution in [-0.2, 0) is 14.1 Å². The third-order valence-corrected chi connectivity index (χ3v) is 6.32. The average Bonchev–Trinajstić information content (AvgIpc) is 3.27. The van der Waals surface area contributed by atoms with Crippen LogP contribution < -0.4 is 20.7 Å². The van der Waals surface area contributed by atoms with Gasteiger partial charge in [-0.25, -0.2) is 4.79 Å². The van der Waals surface area contributed by atoms with Gasteiger partial charge in [0.2, 0.25) is 0 Å². The predicted octanol–water partition coefficient (Wildman–Crippen LogP) is 3.54. The first-order valence-corrected chi connectivity index (χ1v) is 10.9. The number of pyridine rings is 1. The van der Waals surface area contributed by atoms with Crippen LogP contribution >= 0.6 is 0 Å². The molecule has 0 spiro atoms. The molecule has 2 aromatic heterocycles. The second-order valence-electron chi connectivity index (χ2n) is 8.37. The van der Waals surface area contributed by atoms with Crippen LogP contribution in [-0.4, -0.2) is 40.5 Å². The number of nitrogens with one attached hydrogen (secondary N) is 1. The van der Waals surface area contributed by atoms with Gasteiger partial charge < -0.3 is 14.8 Å². The molecule has 2 amide bonds. The third-order valence-electron chi connectivity index (χ3n) is 6.32. The molecule has 1 N–H and O–H groups in total. The topological polar surface area (TPSA) is 75.4 Å². The molecule has 4 aromatic rings. The van der Waals surface area contributed by atoms with Crippen molar-refractivity contribution in [3.8, 4) is 11.1 Å². The van der Waals surface area contributed by atoms with Crippen molar-refractivity contribution in [2.45, 2.75) is 6.92 Å². The number of benzene rings is 2. The summed E-state index contributed by atoms with van der Waals surface area (Å²) in [6, 6.07) is 14.0. The number of fused-ring (bicyclic) bond motifs is 2. The van der Waals surface area contributed by atoms with Crippen molar-refractivity contribution < 1.29 is 4.79 Å². The van der Waals surface area contributed by atoms with Crippen molar-refractivity contribution in [3.63, 3.8) is 0 Å². The van der Waals surface area contributed by atoms with Gasteiger partial charge in [-0.15, -0.1) is 0 Å². The number of nitrogens with zero attached hydrogens (tertiary/aromatic N) is 5. The summed E-state index contributed by atoms with van der Waals surface area (Å²) in [6.07, 6.45) is 3.78. The van der Waals surface area contributed by atoms with Crippen LogP contribution in [0, 0.1) is 6.92 Å². The summed E-state index contributed by atoms with van der Waals surface area (Å²) in [5, 5.41) is 8.05. The fraction of sp³-hybridized carbons (Fsp3) is 0.240. The summed E-state index contributed by atoms with van der Waals surface area (Å²) < 4.78 is 3.46. The first-order valence-electron chi connectivity index (χ1n) is 10.9. The first kappa shape index (κ1) is 20.8.